The summed E-state index contributed by atoms with van der Waals surface area (Å²) >= 11 is 6.34. The number of rotatable bonds is 3. The van der Waals surface area contributed by atoms with Crippen LogP contribution in [0.2, 0.25) is 0 Å². The van der Waals surface area contributed by atoms with Crippen LogP contribution >= 0.6 is 11.6 Å². The Hall–Kier alpha value is -0.560. The molecule has 1 nitrogen and oxygen atoms in total. The van der Waals surface area contributed by atoms with Crippen molar-refractivity contribution in [2.24, 2.45) is 11.8 Å². The van der Waals surface area contributed by atoms with Crippen LogP contribution in [0.5, 0.6) is 0 Å². The van der Waals surface area contributed by atoms with Gasteiger partial charge in [0.2, 0.25) is 0 Å². The normalized spacial score (nSPS) is 27.4. The molecule has 1 aromatic heterocycles. The molecule has 0 amide bonds. The average molecular weight is 210 g/mol. The Morgan fingerprint density at radius 1 is 1.64 bits per heavy atom. The number of alkyl halides is 1. The first-order chi connectivity index (χ1) is 6.68. The van der Waals surface area contributed by atoms with E-state index in [9.17, 15) is 0 Å². The third-order valence-electron chi connectivity index (χ3n) is 3.14. The maximum absolute atomic E-state index is 6.34. The van der Waals surface area contributed by atoms with Gasteiger partial charge >= 0.3 is 0 Å². The van der Waals surface area contributed by atoms with E-state index < -0.39 is 0 Å². The lowest BCUT2D eigenvalue weighted by molar-refractivity contribution is 0.672. The van der Waals surface area contributed by atoms with E-state index in [-0.39, 0.29) is 5.38 Å². The smallest absolute Gasteiger partial charge is 0.0447 e. The second kappa shape index (κ2) is 3.90. The molecule has 2 heteroatoms. The van der Waals surface area contributed by atoms with Gasteiger partial charge in [0, 0.05) is 23.7 Å². The molecule has 0 saturated heterocycles. The molecule has 0 radical (unpaired) electrons. The molecule has 1 heterocycles. The van der Waals surface area contributed by atoms with Crippen LogP contribution in [0, 0.1) is 18.8 Å². The van der Waals surface area contributed by atoms with Gasteiger partial charge in [0.25, 0.3) is 0 Å². The minimum atomic E-state index is 0.276. The number of aryl methyl sites for hydroxylation is 1. The Kier molecular flexibility index (Phi) is 2.78. The largest absolute Gasteiger partial charge is 0.261 e. The number of nitrogens with zero attached hydrogens (tertiary/aromatic N) is 1. The standard InChI is InChI=1S/C12H16ClN/c1-8-4-3-5-14-12(8)7-11(13)10-6-9(10)2/h3-5,9-11H,6-7H2,1-2H3. The first-order valence-corrected chi connectivity index (χ1v) is 5.66. The van der Waals surface area contributed by atoms with Crippen molar-refractivity contribution >= 4 is 11.6 Å². The quantitative estimate of drug-likeness (QED) is 0.697. The van der Waals surface area contributed by atoms with Crippen molar-refractivity contribution in [3.8, 4) is 0 Å². The van der Waals surface area contributed by atoms with Gasteiger partial charge in [-0.25, -0.2) is 0 Å². The molecule has 0 aromatic carbocycles. The summed E-state index contributed by atoms with van der Waals surface area (Å²) < 4.78 is 0. The van der Waals surface area contributed by atoms with Gasteiger partial charge in [-0.2, -0.15) is 0 Å². The molecule has 0 bridgehead atoms. The summed E-state index contributed by atoms with van der Waals surface area (Å²) in [6.45, 7) is 4.37. The molecule has 1 saturated carbocycles. The van der Waals surface area contributed by atoms with E-state index in [4.69, 9.17) is 11.6 Å². The first kappa shape index (κ1) is 9.97. The third-order valence-corrected chi connectivity index (χ3v) is 3.62. The molecule has 3 atom stereocenters. The second-order valence-corrected chi connectivity index (χ2v) is 4.92. The van der Waals surface area contributed by atoms with Crippen molar-refractivity contribution < 1.29 is 0 Å². The Labute approximate surface area is 90.5 Å². The minimum Gasteiger partial charge on any atom is -0.261 e. The fourth-order valence-electron chi connectivity index (χ4n) is 1.92. The van der Waals surface area contributed by atoms with Gasteiger partial charge in [0.1, 0.15) is 0 Å². The topological polar surface area (TPSA) is 12.9 Å². The zero-order valence-corrected chi connectivity index (χ0v) is 9.46. The van der Waals surface area contributed by atoms with E-state index in [0.717, 1.165) is 24.0 Å². The highest BCUT2D eigenvalue weighted by molar-refractivity contribution is 6.21. The van der Waals surface area contributed by atoms with Crippen LogP contribution in [-0.4, -0.2) is 10.4 Å². The van der Waals surface area contributed by atoms with E-state index in [1.807, 2.05) is 12.3 Å². The molecule has 0 spiro atoms. The van der Waals surface area contributed by atoms with Crippen LogP contribution in [0.3, 0.4) is 0 Å². The van der Waals surface area contributed by atoms with Gasteiger partial charge in [-0.3, -0.25) is 4.98 Å². The van der Waals surface area contributed by atoms with Crippen LogP contribution in [0.4, 0.5) is 0 Å². The van der Waals surface area contributed by atoms with Gasteiger partial charge in [-0.15, -0.1) is 11.6 Å². The maximum atomic E-state index is 6.34. The van der Waals surface area contributed by atoms with Crippen molar-refractivity contribution in [3.63, 3.8) is 0 Å². The van der Waals surface area contributed by atoms with E-state index in [1.165, 1.54) is 12.0 Å². The van der Waals surface area contributed by atoms with E-state index in [2.05, 4.69) is 24.9 Å². The van der Waals surface area contributed by atoms with Crippen LogP contribution in [-0.2, 0) is 6.42 Å². The Morgan fingerprint density at radius 2 is 2.36 bits per heavy atom. The maximum Gasteiger partial charge on any atom is 0.0447 e. The highest BCUT2D eigenvalue weighted by atomic mass is 35.5. The minimum absolute atomic E-state index is 0.276. The summed E-state index contributed by atoms with van der Waals surface area (Å²) in [6.07, 6.45) is 4.06. The molecule has 1 fully saturated rings. The lowest BCUT2D eigenvalue weighted by atomic mass is 10.1. The Morgan fingerprint density at radius 3 is 2.93 bits per heavy atom. The van der Waals surface area contributed by atoms with Crippen LogP contribution < -0.4 is 0 Å². The lowest BCUT2D eigenvalue weighted by Crippen LogP contribution is -2.09. The summed E-state index contributed by atoms with van der Waals surface area (Å²) in [5.41, 5.74) is 2.41. The van der Waals surface area contributed by atoms with Crippen molar-refractivity contribution in [2.45, 2.75) is 32.1 Å². The van der Waals surface area contributed by atoms with Gasteiger partial charge in [-0.1, -0.05) is 13.0 Å². The Balaban J connectivity index is 2.00. The third kappa shape index (κ3) is 2.09. The van der Waals surface area contributed by atoms with Crippen LogP contribution in [0.25, 0.3) is 0 Å². The summed E-state index contributed by atoms with van der Waals surface area (Å²) in [5, 5.41) is 0.276. The van der Waals surface area contributed by atoms with Gasteiger partial charge in [0.05, 0.1) is 0 Å². The monoisotopic (exact) mass is 209 g/mol. The van der Waals surface area contributed by atoms with Crippen molar-refractivity contribution in [3.05, 3.63) is 29.6 Å². The molecule has 1 aliphatic rings. The van der Waals surface area contributed by atoms with Crippen molar-refractivity contribution in [1.82, 2.24) is 4.98 Å². The number of hydrogen-bond acceptors (Lipinski definition) is 1. The molecular formula is C12H16ClN. The zero-order valence-electron chi connectivity index (χ0n) is 8.70. The molecule has 1 aromatic rings. The van der Waals surface area contributed by atoms with Gasteiger partial charge in [0.15, 0.2) is 0 Å². The number of hydrogen-bond donors (Lipinski definition) is 0. The van der Waals surface area contributed by atoms with Gasteiger partial charge < -0.3 is 0 Å². The van der Waals surface area contributed by atoms with E-state index in [0.29, 0.717) is 0 Å². The first-order valence-electron chi connectivity index (χ1n) is 5.23. The van der Waals surface area contributed by atoms with E-state index in [1.54, 1.807) is 0 Å². The van der Waals surface area contributed by atoms with Crippen LogP contribution in [0.1, 0.15) is 24.6 Å². The lowest BCUT2D eigenvalue weighted by Gasteiger charge is -2.09. The number of aromatic nitrogens is 1. The van der Waals surface area contributed by atoms with Crippen LogP contribution in [0.15, 0.2) is 18.3 Å². The highest BCUT2D eigenvalue weighted by Gasteiger charge is 2.38. The molecule has 2 rings (SSSR count). The fraction of sp³-hybridized carbons (Fsp3) is 0.583. The molecule has 3 unspecified atom stereocenters. The summed E-state index contributed by atoms with van der Waals surface area (Å²) in [6, 6.07) is 4.07. The van der Waals surface area contributed by atoms with Crippen molar-refractivity contribution in [2.75, 3.05) is 0 Å². The highest BCUT2D eigenvalue weighted by Crippen LogP contribution is 2.43. The Bertz CT molecular complexity index is 324. The van der Waals surface area contributed by atoms with Crippen molar-refractivity contribution in [1.29, 1.82) is 0 Å². The molecule has 76 valence electrons. The predicted octanol–water partition coefficient (Wildman–Crippen LogP) is 3.20. The second-order valence-electron chi connectivity index (χ2n) is 4.36. The molecule has 0 aliphatic heterocycles. The summed E-state index contributed by atoms with van der Waals surface area (Å²) in [4.78, 5) is 4.37. The molecule has 0 N–H and O–H groups in total. The zero-order chi connectivity index (χ0) is 10.1. The molecule has 1 aliphatic carbocycles. The molecular weight excluding hydrogens is 194 g/mol. The number of halogens is 1. The summed E-state index contributed by atoms with van der Waals surface area (Å²) in [7, 11) is 0. The summed E-state index contributed by atoms with van der Waals surface area (Å²) in [5.74, 6) is 1.54. The predicted molar refractivity (Wildman–Crippen MR) is 59.6 cm³/mol. The fourth-order valence-corrected chi connectivity index (χ4v) is 2.42. The number of pyridine rings is 1. The average Bonchev–Trinajstić information content (AvgIpc) is 2.87. The SMILES string of the molecule is Cc1cccnc1CC(Cl)C1CC1C. The molecule has 14 heavy (non-hydrogen) atoms. The van der Waals surface area contributed by atoms with E-state index >= 15 is 0 Å². The van der Waals surface area contributed by atoms with Gasteiger partial charge in [-0.05, 0) is 36.8 Å².